The maximum atomic E-state index is 13.1. The number of aliphatic carboxylic acids is 2. The number of rotatable bonds is 28. The molecular weight excluding hydrogens is 991 g/mol. The smallest absolute Gasteiger partial charge is 0.550 e. The summed E-state index contributed by atoms with van der Waals surface area (Å²) in [6.45, 7) is -0.583. The molecule has 5 aromatic rings. The molecule has 388 valence electrons. The molecule has 2 saturated heterocycles. The topological polar surface area (TPSA) is 216 Å². The van der Waals surface area contributed by atoms with Crippen LogP contribution in [0.4, 0.5) is 0 Å². The molecule has 0 aromatic heterocycles. The van der Waals surface area contributed by atoms with Gasteiger partial charge in [-0.05, 0) is 40.7 Å². The Bertz CT molecular complexity index is 2430. The fourth-order valence-corrected chi connectivity index (χ4v) is 8.31. The second-order valence-corrected chi connectivity index (χ2v) is 17.3. The van der Waals surface area contributed by atoms with Crippen LogP contribution in [-0.4, -0.2) is 106 Å². The molecule has 2 aliphatic rings. The van der Waals surface area contributed by atoms with Crippen molar-refractivity contribution >= 4 is 23.9 Å². The average Bonchev–Trinajstić information content (AvgIpc) is 3.42. The van der Waals surface area contributed by atoms with E-state index in [1.165, 1.54) is 7.11 Å². The van der Waals surface area contributed by atoms with Crippen LogP contribution in [0.5, 0.6) is 0 Å². The van der Waals surface area contributed by atoms with Crippen LogP contribution in [0.3, 0.4) is 0 Å². The Morgan fingerprint density at radius 2 is 0.693 bits per heavy atom. The number of benzene rings is 5. The Hall–Kier alpha value is -4.38. The summed E-state index contributed by atoms with van der Waals surface area (Å²) in [6, 6.07) is 47.1. The van der Waals surface area contributed by atoms with E-state index in [0.717, 1.165) is 27.8 Å². The van der Waals surface area contributed by atoms with Crippen molar-refractivity contribution in [3.63, 3.8) is 0 Å². The van der Waals surface area contributed by atoms with E-state index >= 15 is 0 Å². The van der Waals surface area contributed by atoms with Crippen LogP contribution in [0.2, 0.25) is 0 Å². The van der Waals surface area contributed by atoms with Gasteiger partial charge in [-0.3, -0.25) is 9.59 Å². The third kappa shape index (κ3) is 19.9. The van der Waals surface area contributed by atoms with Crippen LogP contribution in [0, 0.1) is 0 Å². The fourth-order valence-electron chi connectivity index (χ4n) is 8.31. The maximum absolute atomic E-state index is 13.1. The minimum atomic E-state index is -1.44. The van der Waals surface area contributed by atoms with E-state index in [1.807, 2.05) is 152 Å². The molecule has 5 aromatic carbocycles. The molecule has 0 bridgehead atoms. The first-order valence-electron chi connectivity index (χ1n) is 24.1. The third-order valence-corrected chi connectivity index (χ3v) is 12.0. The molecule has 7 rings (SSSR count). The first-order valence-corrected chi connectivity index (χ1v) is 24.1. The molecule has 0 spiro atoms. The molecule has 0 amide bonds. The third-order valence-electron chi connectivity index (χ3n) is 12.0. The van der Waals surface area contributed by atoms with Crippen LogP contribution in [-0.2, 0) is 104 Å². The van der Waals surface area contributed by atoms with Crippen molar-refractivity contribution in [3.8, 4) is 0 Å². The quantitative estimate of drug-likeness (QED) is 0.0414. The Kier molecular flexibility index (Phi) is 27.1. The Labute approximate surface area is 480 Å². The van der Waals surface area contributed by atoms with E-state index in [2.05, 4.69) is 0 Å². The number of esters is 2. The van der Waals surface area contributed by atoms with E-state index < -0.39 is 124 Å². The monoisotopic (exact) mass is 1050 g/mol. The minimum absolute atomic E-state index is 0. The van der Waals surface area contributed by atoms with Crippen molar-refractivity contribution in [2.24, 2.45) is 0 Å². The van der Waals surface area contributed by atoms with Gasteiger partial charge < -0.3 is 71.9 Å². The van der Waals surface area contributed by atoms with Crippen molar-refractivity contribution in [1.29, 1.82) is 0 Å². The number of hydrogen-bond acceptors (Lipinski definition) is 17. The number of hydrogen-bond donors (Lipinski definition) is 0. The molecule has 2 heterocycles. The Morgan fingerprint density at radius 3 is 1.04 bits per heavy atom. The first kappa shape index (κ1) is 61.5. The summed E-state index contributed by atoms with van der Waals surface area (Å²) in [5.41, 5.74) is 4.08. The van der Waals surface area contributed by atoms with Crippen LogP contribution in [0.1, 0.15) is 53.5 Å². The van der Waals surface area contributed by atoms with Crippen LogP contribution in [0.15, 0.2) is 152 Å². The minimum Gasteiger partial charge on any atom is -0.550 e. The molecule has 10 atom stereocenters. The molecule has 0 aliphatic carbocycles. The van der Waals surface area contributed by atoms with Crippen molar-refractivity contribution in [2.45, 2.75) is 120 Å². The zero-order valence-electron chi connectivity index (χ0n) is 42.4. The van der Waals surface area contributed by atoms with E-state index in [0.29, 0.717) is 0 Å². The summed E-state index contributed by atoms with van der Waals surface area (Å²) in [7, 11) is 1.43. The van der Waals surface area contributed by atoms with Crippen LogP contribution < -0.4 is 69.3 Å². The average molecular weight is 1050 g/mol. The van der Waals surface area contributed by atoms with Gasteiger partial charge in [0.15, 0.2) is 12.6 Å². The van der Waals surface area contributed by atoms with Gasteiger partial charge in [0.1, 0.15) is 62.0 Å². The SMILES string of the molecule is CO[C@@H]1O[C@H](COC(=O)CCC(=O)[O-])[C@@H](O[C@H]2O[C@H](COC(=O)CCC(=O)[O-])[C@@H](OCc3ccccc3)[C@H](OCc3ccccc3)[C@H]2OCc2ccccc2)[C@H](OCc2ccccc2)[C@H]1OCc1ccccc1.[Na+].[Na+]. The van der Waals surface area contributed by atoms with Gasteiger partial charge in [0.2, 0.25) is 0 Å². The number of carboxylic acids is 2. The second kappa shape index (κ2) is 33.0. The van der Waals surface area contributed by atoms with E-state index in [9.17, 15) is 29.4 Å². The predicted octanol–water partition coefficient (Wildman–Crippen LogP) is -1.45. The summed E-state index contributed by atoms with van der Waals surface area (Å²) < 4.78 is 71.8. The van der Waals surface area contributed by atoms with E-state index in [4.69, 9.17) is 52.1 Å². The zero-order chi connectivity index (χ0) is 51.2. The molecule has 75 heavy (non-hydrogen) atoms. The van der Waals surface area contributed by atoms with Gasteiger partial charge in [-0.25, -0.2) is 0 Å². The molecule has 17 nitrogen and oxygen atoms in total. The molecule has 0 saturated carbocycles. The summed E-state index contributed by atoms with van der Waals surface area (Å²) in [4.78, 5) is 48.8. The van der Waals surface area contributed by atoms with Gasteiger partial charge in [0.25, 0.3) is 0 Å². The van der Waals surface area contributed by atoms with Gasteiger partial charge in [-0.2, -0.15) is 0 Å². The summed E-state index contributed by atoms with van der Waals surface area (Å²) >= 11 is 0. The van der Waals surface area contributed by atoms with Crippen molar-refractivity contribution in [3.05, 3.63) is 179 Å². The van der Waals surface area contributed by atoms with Crippen molar-refractivity contribution in [1.82, 2.24) is 0 Å². The normalized spacial score (nSPS) is 23.2. The van der Waals surface area contributed by atoms with Gasteiger partial charge in [0, 0.05) is 19.0 Å². The Morgan fingerprint density at radius 1 is 0.400 bits per heavy atom. The number of carboxylic acid groups (broad SMARTS) is 2. The summed E-state index contributed by atoms with van der Waals surface area (Å²) in [5, 5.41) is 22.7. The molecule has 0 radical (unpaired) electrons. The van der Waals surface area contributed by atoms with Gasteiger partial charge in [0.05, 0.1) is 45.9 Å². The largest absolute Gasteiger partial charge is 1.00 e. The van der Waals surface area contributed by atoms with Gasteiger partial charge in [-0.15, -0.1) is 0 Å². The van der Waals surface area contributed by atoms with Crippen molar-refractivity contribution < 1.29 is 141 Å². The molecular formula is C56H60Na2O17. The number of methoxy groups -OCH3 is 1. The Balaban J connectivity index is 0.00000520. The first-order chi connectivity index (χ1) is 35.6. The molecule has 0 unspecified atom stereocenters. The van der Waals surface area contributed by atoms with Crippen LogP contribution in [0.25, 0.3) is 0 Å². The zero-order valence-corrected chi connectivity index (χ0v) is 46.4. The van der Waals surface area contributed by atoms with E-state index in [-0.39, 0.29) is 92.1 Å². The maximum Gasteiger partial charge on any atom is 1.00 e. The number of carbonyl (C=O) groups excluding carboxylic acids is 4. The standard InChI is InChI=1S/C56H62O17.2Na/c1-63-55-53(69-34-41-23-13-5-14-24-41)52(68-33-40-21-11-4-12-22-40)50(44(71-55)37-65-48(62)30-28-46(59)60)73-56-54(70-35-42-25-15-6-16-26-42)51(67-32-39-19-9-3-10-20-39)49(66-31-38-17-7-2-8-18-38)43(72-56)36-64-47(61)29-27-45(57)58;;/h2-26,43-44,49-56H,27-37H2,1H3,(H,57,58)(H,59,60);;/q;2*+1/p-2/t43-,44-,49-,50-,51+,52+,53-,54-,55-,56-;;/m1../s1. The summed E-state index contributed by atoms with van der Waals surface area (Å²) in [5.74, 6) is -4.51. The summed E-state index contributed by atoms with van der Waals surface area (Å²) in [6.07, 6.45) is -13.5. The fraction of sp³-hybridized carbons (Fsp3) is 0.393. The van der Waals surface area contributed by atoms with Gasteiger partial charge in [-0.1, -0.05) is 152 Å². The number of carbonyl (C=O) groups is 4. The van der Waals surface area contributed by atoms with E-state index in [1.54, 1.807) is 0 Å². The second-order valence-electron chi connectivity index (χ2n) is 17.3. The van der Waals surface area contributed by atoms with Gasteiger partial charge >= 0.3 is 71.1 Å². The van der Waals surface area contributed by atoms with Crippen LogP contribution >= 0.6 is 0 Å². The molecule has 19 heteroatoms. The number of ether oxygens (including phenoxy) is 11. The molecule has 0 N–H and O–H groups in total. The molecule has 2 fully saturated rings. The predicted molar refractivity (Wildman–Crippen MR) is 255 cm³/mol. The van der Waals surface area contributed by atoms with Crippen molar-refractivity contribution in [2.75, 3.05) is 20.3 Å². The molecule has 2 aliphatic heterocycles.